The molecule has 90 valence electrons. The molecule has 2 saturated heterocycles. The van der Waals surface area contributed by atoms with Gasteiger partial charge in [-0.05, 0) is 42.7 Å². The molecule has 1 N–H and O–H groups in total. The number of hydrogen-bond acceptors (Lipinski definition) is 2. The van der Waals surface area contributed by atoms with E-state index in [1.807, 2.05) is 0 Å². The van der Waals surface area contributed by atoms with Gasteiger partial charge in [0.15, 0.2) is 5.79 Å². The number of benzene rings is 1. The Bertz CT molecular complexity index is 425. The molecular weight excluding hydrogens is 212 g/mol. The van der Waals surface area contributed by atoms with E-state index < -0.39 is 5.79 Å². The Kier molecular flexibility index (Phi) is 1.74. The summed E-state index contributed by atoms with van der Waals surface area (Å²) in [5.74, 6) is 0.0736. The molecular formula is C15H18O2. The highest BCUT2D eigenvalue weighted by Gasteiger charge is 2.55. The maximum atomic E-state index is 10.6. The molecule has 0 amide bonds. The van der Waals surface area contributed by atoms with E-state index >= 15 is 0 Å². The highest BCUT2D eigenvalue weighted by Crippen LogP contribution is 2.58. The average Bonchev–Trinajstić information content (AvgIpc) is 2.38. The van der Waals surface area contributed by atoms with Crippen molar-refractivity contribution in [3.63, 3.8) is 0 Å². The van der Waals surface area contributed by atoms with Gasteiger partial charge in [-0.2, -0.15) is 0 Å². The van der Waals surface area contributed by atoms with Gasteiger partial charge in [-0.15, -0.1) is 0 Å². The van der Waals surface area contributed by atoms with E-state index in [2.05, 4.69) is 31.2 Å². The van der Waals surface area contributed by atoms with Crippen LogP contribution in [-0.4, -0.2) is 16.5 Å². The molecule has 0 saturated carbocycles. The van der Waals surface area contributed by atoms with Crippen LogP contribution < -0.4 is 0 Å². The van der Waals surface area contributed by atoms with E-state index in [4.69, 9.17) is 4.74 Å². The van der Waals surface area contributed by atoms with Gasteiger partial charge in [0.2, 0.25) is 0 Å². The molecule has 1 aromatic rings. The third kappa shape index (κ3) is 1.34. The van der Waals surface area contributed by atoms with Crippen LogP contribution in [0.25, 0.3) is 0 Å². The van der Waals surface area contributed by atoms with E-state index in [-0.39, 0.29) is 5.60 Å². The molecule has 5 rings (SSSR count). The van der Waals surface area contributed by atoms with E-state index in [0.717, 1.165) is 25.7 Å². The second kappa shape index (κ2) is 2.93. The highest BCUT2D eigenvalue weighted by molar-refractivity contribution is 5.38. The van der Waals surface area contributed by atoms with Crippen molar-refractivity contribution in [2.24, 2.45) is 0 Å². The zero-order valence-electron chi connectivity index (χ0n) is 10.1. The lowest BCUT2D eigenvalue weighted by molar-refractivity contribution is -0.315. The van der Waals surface area contributed by atoms with Crippen molar-refractivity contribution in [1.29, 1.82) is 0 Å². The van der Waals surface area contributed by atoms with Crippen LogP contribution in [0.5, 0.6) is 0 Å². The molecule has 0 radical (unpaired) electrons. The van der Waals surface area contributed by atoms with Gasteiger partial charge in [-0.3, -0.25) is 0 Å². The smallest absolute Gasteiger partial charge is 0.167 e. The standard InChI is InChI=1S/C15H18O2/c1-14-6-10-8-15(16,17-14)9-11(7-14)13-5-3-2-4-12(10)13/h2-5,10-11,16H,6-9H2,1H3. The number of ether oxygens (including phenoxy) is 1. The molecule has 2 aliphatic carbocycles. The Balaban J connectivity index is 1.93. The Morgan fingerprint density at radius 2 is 1.59 bits per heavy atom. The van der Waals surface area contributed by atoms with Gasteiger partial charge in [0, 0.05) is 12.8 Å². The fraction of sp³-hybridized carbons (Fsp3) is 0.600. The van der Waals surface area contributed by atoms with Gasteiger partial charge in [-0.25, -0.2) is 0 Å². The van der Waals surface area contributed by atoms with Crippen molar-refractivity contribution >= 4 is 0 Å². The number of aliphatic hydroxyl groups is 1. The lowest BCUT2D eigenvalue weighted by atomic mass is 9.74. The summed E-state index contributed by atoms with van der Waals surface area (Å²) in [4.78, 5) is 0. The van der Waals surface area contributed by atoms with Crippen LogP contribution in [0.1, 0.15) is 55.6 Å². The summed E-state index contributed by atoms with van der Waals surface area (Å²) in [5, 5.41) is 10.6. The van der Waals surface area contributed by atoms with Crippen LogP contribution >= 0.6 is 0 Å². The Labute approximate surface area is 102 Å². The van der Waals surface area contributed by atoms with Crippen LogP contribution in [0.15, 0.2) is 24.3 Å². The van der Waals surface area contributed by atoms with Crippen molar-refractivity contribution in [2.45, 2.75) is 55.8 Å². The molecule has 0 aromatic heterocycles. The highest BCUT2D eigenvalue weighted by atomic mass is 16.6. The normalized spacial score (nSPS) is 46.7. The molecule has 4 bridgehead atoms. The first-order valence-electron chi connectivity index (χ1n) is 6.58. The molecule has 2 unspecified atom stereocenters. The van der Waals surface area contributed by atoms with Crippen molar-refractivity contribution in [3.8, 4) is 0 Å². The molecule has 2 atom stereocenters. The molecule has 1 aromatic carbocycles. The maximum absolute atomic E-state index is 10.6. The molecule has 2 heterocycles. The fourth-order valence-electron chi connectivity index (χ4n) is 4.44. The van der Waals surface area contributed by atoms with Crippen LogP contribution in [0.3, 0.4) is 0 Å². The maximum Gasteiger partial charge on any atom is 0.167 e. The number of hydrogen-bond donors (Lipinski definition) is 1. The lowest BCUT2D eigenvalue weighted by Crippen LogP contribution is -2.53. The van der Waals surface area contributed by atoms with Crippen molar-refractivity contribution in [2.75, 3.05) is 0 Å². The molecule has 2 nitrogen and oxygen atoms in total. The van der Waals surface area contributed by atoms with E-state index in [1.165, 1.54) is 11.1 Å². The summed E-state index contributed by atoms with van der Waals surface area (Å²) in [5.41, 5.74) is 2.79. The van der Waals surface area contributed by atoms with Gasteiger partial charge >= 0.3 is 0 Å². The number of rotatable bonds is 0. The molecule has 4 aliphatic rings. The SMILES string of the molecule is CC12CC3CC(O)(CC(C1)c1ccccc13)O2. The van der Waals surface area contributed by atoms with E-state index in [0.29, 0.717) is 11.8 Å². The summed E-state index contributed by atoms with van der Waals surface area (Å²) < 4.78 is 5.96. The first-order chi connectivity index (χ1) is 8.07. The largest absolute Gasteiger partial charge is 0.365 e. The van der Waals surface area contributed by atoms with Gasteiger partial charge in [0.25, 0.3) is 0 Å². The van der Waals surface area contributed by atoms with Crippen molar-refractivity contribution in [3.05, 3.63) is 35.4 Å². The minimum Gasteiger partial charge on any atom is -0.365 e. The van der Waals surface area contributed by atoms with Crippen molar-refractivity contribution < 1.29 is 9.84 Å². The Hall–Kier alpha value is -0.860. The first kappa shape index (κ1) is 10.1. The van der Waals surface area contributed by atoms with Crippen LogP contribution in [0, 0.1) is 0 Å². The Morgan fingerprint density at radius 3 is 2.06 bits per heavy atom. The van der Waals surface area contributed by atoms with Crippen LogP contribution in [-0.2, 0) is 4.74 Å². The summed E-state index contributed by atoms with van der Waals surface area (Å²) >= 11 is 0. The monoisotopic (exact) mass is 230 g/mol. The third-order valence-electron chi connectivity index (χ3n) is 4.80. The lowest BCUT2D eigenvalue weighted by Gasteiger charge is -2.51. The zero-order chi connectivity index (χ0) is 11.7. The molecule has 17 heavy (non-hydrogen) atoms. The summed E-state index contributed by atoms with van der Waals surface area (Å²) in [7, 11) is 0. The third-order valence-corrected chi connectivity index (χ3v) is 4.80. The van der Waals surface area contributed by atoms with Crippen LogP contribution in [0.4, 0.5) is 0 Å². The summed E-state index contributed by atoms with van der Waals surface area (Å²) in [6.45, 7) is 2.17. The van der Waals surface area contributed by atoms with Gasteiger partial charge < -0.3 is 9.84 Å². The minimum atomic E-state index is -0.875. The fourth-order valence-corrected chi connectivity index (χ4v) is 4.44. The summed E-state index contributed by atoms with van der Waals surface area (Å²) in [6.07, 6.45) is 3.66. The zero-order valence-corrected chi connectivity index (χ0v) is 10.1. The molecule has 2 heteroatoms. The first-order valence-corrected chi connectivity index (χ1v) is 6.58. The van der Waals surface area contributed by atoms with E-state index in [9.17, 15) is 5.11 Å². The predicted molar refractivity (Wildman–Crippen MR) is 64.8 cm³/mol. The summed E-state index contributed by atoms with van der Waals surface area (Å²) in [6, 6.07) is 8.74. The topological polar surface area (TPSA) is 29.5 Å². The predicted octanol–water partition coefficient (Wildman–Crippen LogP) is 2.92. The van der Waals surface area contributed by atoms with Crippen LogP contribution in [0.2, 0.25) is 0 Å². The molecule has 2 aliphatic heterocycles. The van der Waals surface area contributed by atoms with Gasteiger partial charge in [0.1, 0.15) is 0 Å². The Morgan fingerprint density at radius 1 is 1.06 bits per heavy atom. The second-order valence-corrected chi connectivity index (χ2v) is 6.34. The quantitative estimate of drug-likeness (QED) is 0.742. The minimum absolute atomic E-state index is 0.125. The van der Waals surface area contributed by atoms with Crippen molar-refractivity contribution in [1.82, 2.24) is 0 Å². The molecule has 2 fully saturated rings. The molecule has 0 spiro atoms. The van der Waals surface area contributed by atoms with Gasteiger partial charge in [-0.1, -0.05) is 24.3 Å². The van der Waals surface area contributed by atoms with Gasteiger partial charge in [0.05, 0.1) is 5.60 Å². The average molecular weight is 230 g/mol. The second-order valence-electron chi connectivity index (χ2n) is 6.34. The van der Waals surface area contributed by atoms with E-state index in [1.54, 1.807) is 0 Å².